The maximum absolute atomic E-state index is 12.4. The molecule has 0 aliphatic carbocycles. The molecule has 0 saturated carbocycles. The lowest BCUT2D eigenvalue weighted by Crippen LogP contribution is -2.37. The number of rotatable bonds is 4. The summed E-state index contributed by atoms with van der Waals surface area (Å²) >= 11 is 1.37. The van der Waals surface area contributed by atoms with Gasteiger partial charge in [-0.15, -0.1) is 6.58 Å². The molecule has 1 amide bonds. The van der Waals surface area contributed by atoms with Crippen LogP contribution in [0.2, 0.25) is 0 Å². The van der Waals surface area contributed by atoms with Crippen LogP contribution in [0.15, 0.2) is 41.9 Å². The van der Waals surface area contributed by atoms with E-state index in [9.17, 15) is 13.2 Å². The van der Waals surface area contributed by atoms with Gasteiger partial charge in [-0.3, -0.25) is 4.79 Å². The third kappa shape index (κ3) is 3.34. The number of hydrogen-bond acceptors (Lipinski definition) is 5. The highest BCUT2D eigenvalue weighted by Gasteiger charge is 2.48. The highest BCUT2D eigenvalue weighted by Crippen LogP contribution is 2.38. The molecule has 0 N–H and O–H groups in total. The Hall–Kier alpha value is -1.80. The zero-order valence-corrected chi connectivity index (χ0v) is 14.8. The molecule has 128 valence electrons. The Labute approximate surface area is 145 Å². The van der Waals surface area contributed by atoms with Gasteiger partial charge in [0.25, 0.3) is 5.91 Å². The van der Waals surface area contributed by atoms with Crippen molar-refractivity contribution >= 4 is 32.7 Å². The van der Waals surface area contributed by atoms with Crippen molar-refractivity contribution in [3.05, 3.63) is 42.5 Å². The van der Waals surface area contributed by atoms with E-state index in [1.807, 2.05) is 4.90 Å². The summed E-state index contributed by atoms with van der Waals surface area (Å²) in [5.74, 6) is 0.555. The molecule has 2 heterocycles. The summed E-state index contributed by atoms with van der Waals surface area (Å²) in [5, 5.41) is 0.498. The van der Waals surface area contributed by atoms with Gasteiger partial charge in [0.1, 0.15) is 5.75 Å². The molecule has 2 atom stereocenters. The van der Waals surface area contributed by atoms with Crippen molar-refractivity contribution in [3.63, 3.8) is 0 Å². The number of hydrogen-bond donors (Lipinski definition) is 0. The van der Waals surface area contributed by atoms with Crippen molar-refractivity contribution in [2.75, 3.05) is 25.2 Å². The van der Waals surface area contributed by atoms with Gasteiger partial charge in [0, 0.05) is 17.4 Å². The Morgan fingerprint density at radius 1 is 1.42 bits per heavy atom. The fourth-order valence-corrected chi connectivity index (χ4v) is 6.83. The second-order valence-electron chi connectivity index (χ2n) is 5.67. The van der Waals surface area contributed by atoms with Crippen molar-refractivity contribution in [2.24, 2.45) is 4.99 Å². The van der Waals surface area contributed by atoms with Gasteiger partial charge in [-0.25, -0.2) is 8.42 Å². The number of ether oxygens (including phenoxy) is 1. The number of fused-ring (bicyclic) bond motifs is 1. The molecule has 0 unspecified atom stereocenters. The molecule has 8 heteroatoms. The van der Waals surface area contributed by atoms with Gasteiger partial charge in [0.15, 0.2) is 15.0 Å². The molecule has 1 aromatic rings. The topological polar surface area (TPSA) is 76.0 Å². The van der Waals surface area contributed by atoms with Gasteiger partial charge in [-0.1, -0.05) is 17.8 Å². The van der Waals surface area contributed by atoms with Gasteiger partial charge in [0.05, 0.1) is 24.7 Å². The maximum atomic E-state index is 12.4. The quantitative estimate of drug-likeness (QED) is 0.754. The van der Waals surface area contributed by atoms with Crippen molar-refractivity contribution < 1.29 is 17.9 Å². The van der Waals surface area contributed by atoms with Crippen molar-refractivity contribution in [1.82, 2.24) is 4.90 Å². The fourth-order valence-electron chi connectivity index (χ4n) is 2.87. The van der Waals surface area contributed by atoms with E-state index in [0.717, 1.165) is 0 Å². The molecule has 0 spiro atoms. The standard InChI is InChI=1S/C16H18N2O4S2/c1-3-8-18-13-9-24(20,21)10-14(13)23-16(18)17-15(19)11-4-6-12(22-2)7-5-11/h3-7,13-14H,1,8-10H2,2H3/t13-,14+/m1/s1. The summed E-state index contributed by atoms with van der Waals surface area (Å²) in [6.07, 6.45) is 1.70. The van der Waals surface area contributed by atoms with E-state index >= 15 is 0 Å². The van der Waals surface area contributed by atoms with Crippen molar-refractivity contribution in [1.29, 1.82) is 0 Å². The van der Waals surface area contributed by atoms with E-state index < -0.39 is 9.84 Å². The summed E-state index contributed by atoms with van der Waals surface area (Å²) < 4.78 is 28.7. The van der Waals surface area contributed by atoms with E-state index in [4.69, 9.17) is 4.74 Å². The monoisotopic (exact) mass is 366 g/mol. The van der Waals surface area contributed by atoms with Crippen LogP contribution in [0.5, 0.6) is 5.75 Å². The second-order valence-corrected chi connectivity index (χ2v) is 9.03. The number of carbonyl (C=O) groups excluding carboxylic acids is 1. The van der Waals surface area contributed by atoms with Gasteiger partial charge in [0.2, 0.25) is 0 Å². The predicted octanol–water partition coefficient (Wildman–Crippen LogP) is 1.59. The highest BCUT2D eigenvalue weighted by molar-refractivity contribution is 8.15. The summed E-state index contributed by atoms with van der Waals surface area (Å²) in [7, 11) is -1.46. The minimum absolute atomic E-state index is 0.0719. The molecule has 2 saturated heterocycles. The molecule has 2 aliphatic rings. The lowest BCUT2D eigenvalue weighted by Gasteiger charge is -2.22. The Kier molecular flexibility index (Phi) is 4.69. The Morgan fingerprint density at radius 2 is 2.12 bits per heavy atom. The number of amides is 1. The normalized spacial score (nSPS) is 26.4. The summed E-state index contributed by atoms with van der Waals surface area (Å²) in [6, 6.07) is 6.60. The molecule has 1 aromatic carbocycles. The minimum atomic E-state index is -3.02. The van der Waals surface area contributed by atoms with E-state index in [-0.39, 0.29) is 28.7 Å². The van der Waals surface area contributed by atoms with Gasteiger partial charge in [-0.2, -0.15) is 4.99 Å². The number of sulfone groups is 1. The molecule has 3 rings (SSSR count). The lowest BCUT2D eigenvalue weighted by atomic mass is 10.2. The summed E-state index contributed by atoms with van der Waals surface area (Å²) in [4.78, 5) is 18.5. The summed E-state index contributed by atoms with van der Waals surface area (Å²) in [5.41, 5.74) is 0.465. The highest BCUT2D eigenvalue weighted by atomic mass is 32.2. The van der Waals surface area contributed by atoms with Crippen LogP contribution in [0.25, 0.3) is 0 Å². The Balaban J connectivity index is 1.83. The molecule has 24 heavy (non-hydrogen) atoms. The molecule has 0 aromatic heterocycles. The zero-order chi connectivity index (χ0) is 17.3. The Morgan fingerprint density at radius 3 is 2.75 bits per heavy atom. The molecule has 6 nitrogen and oxygen atoms in total. The third-order valence-corrected chi connectivity index (χ3v) is 7.28. The lowest BCUT2D eigenvalue weighted by molar-refractivity contribution is 0.100. The number of benzene rings is 1. The number of methoxy groups -OCH3 is 1. The first kappa shape index (κ1) is 17.0. The average Bonchev–Trinajstić information content (AvgIpc) is 3.00. The van der Waals surface area contributed by atoms with Crippen LogP contribution in [-0.2, 0) is 9.84 Å². The molecule has 0 radical (unpaired) electrons. The van der Waals surface area contributed by atoms with E-state index in [2.05, 4.69) is 11.6 Å². The largest absolute Gasteiger partial charge is 0.497 e. The first-order valence-corrected chi connectivity index (χ1v) is 10.2. The number of nitrogens with zero attached hydrogens (tertiary/aromatic N) is 2. The average molecular weight is 366 g/mol. The maximum Gasteiger partial charge on any atom is 0.279 e. The minimum Gasteiger partial charge on any atom is -0.497 e. The van der Waals surface area contributed by atoms with Crippen molar-refractivity contribution in [2.45, 2.75) is 11.3 Å². The van der Waals surface area contributed by atoms with Crippen LogP contribution in [0, 0.1) is 0 Å². The van der Waals surface area contributed by atoms with Gasteiger partial charge >= 0.3 is 0 Å². The number of aliphatic imine (C=N–C) groups is 1. The first-order valence-electron chi connectivity index (χ1n) is 7.45. The van der Waals surface area contributed by atoms with Gasteiger partial charge < -0.3 is 9.64 Å². The smallest absolute Gasteiger partial charge is 0.279 e. The van der Waals surface area contributed by atoms with Gasteiger partial charge in [-0.05, 0) is 24.3 Å². The van der Waals surface area contributed by atoms with Crippen LogP contribution in [0.4, 0.5) is 0 Å². The molecular formula is C16H18N2O4S2. The number of carbonyl (C=O) groups is 1. The van der Waals surface area contributed by atoms with Crippen LogP contribution in [-0.4, -0.2) is 60.8 Å². The number of thioether (sulfide) groups is 1. The van der Waals surface area contributed by atoms with E-state index in [0.29, 0.717) is 23.0 Å². The number of amidine groups is 1. The zero-order valence-electron chi connectivity index (χ0n) is 13.2. The van der Waals surface area contributed by atoms with Crippen LogP contribution < -0.4 is 4.74 Å². The predicted molar refractivity (Wildman–Crippen MR) is 95.5 cm³/mol. The molecule has 2 aliphatic heterocycles. The first-order chi connectivity index (χ1) is 11.4. The SMILES string of the molecule is C=CCN1C(=NC(=O)c2ccc(OC)cc2)S[C@H]2CS(=O)(=O)C[C@H]21. The Bertz CT molecular complexity index is 787. The van der Waals surface area contributed by atoms with Crippen LogP contribution >= 0.6 is 11.8 Å². The molecular weight excluding hydrogens is 348 g/mol. The van der Waals surface area contributed by atoms with Crippen molar-refractivity contribution in [3.8, 4) is 5.75 Å². The van der Waals surface area contributed by atoms with Crippen LogP contribution in [0.1, 0.15) is 10.4 Å². The molecule has 0 bridgehead atoms. The second kappa shape index (κ2) is 6.60. The fraction of sp³-hybridized carbons (Fsp3) is 0.375. The van der Waals surface area contributed by atoms with Crippen LogP contribution in [0.3, 0.4) is 0 Å². The van der Waals surface area contributed by atoms with E-state index in [1.165, 1.54) is 11.8 Å². The summed E-state index contributed by atoms with van der Waals surface area (Å²) in [6.45, 7) is 4.18. The third-order valence-electron chi connectivity index (χ3n) is 4.03. The van der Waals surface area contributed by atoms with E-state index in [1.54, 1.807) is 37.5 Å². The molecule has 2 fully saturated rings.